The summed E-state index contributed by atoms with van der Waals surface area (Å²) < 4.78 is 0. The van der Waals surface area contributed by atoms with Crippen LogP contribution in [-0.4, -0.2) is 29.9 Å². The highest BCUT2D eigenvalue weighted by atomic mass is 15.5. The van der Waals surface area contributed by atoms with Gasteiger partial charge in [-0.25, -0.2) is 9.97 Å². The molecule has 5 rings (SSSR count). The van der Waals surface area contributed by atoms with E-state index in [1.807, 2.05) is 12.1 Å². The second-order valence-corrected chi connectivity index (χ2v) is 6.84. The van der Waals surface area contributed by atoms with Gasteiger partial charge in [-0.2, -0.15) is 10.2 Å². The Morgan fingerprint density at radius 2 is 1.72 bits per heavy atom. The van der Waals surface area contributed by atoms with Gasteiger partial charge in [0.25, 0.3) is 0 Å². The number of hydrogen-bond acceptors (Lipinski definition) is 6. The number of aromatic nitrogens is 6. The van der Waals surface area contributed by atoms with Crippen LogP contribution in [0.15, 0.2) is 61.2 Å². The summed E-state index contributed by atoms with van der Waals surface area (Å²) in [6, 6.07) is 12.4. The Morgan fingerprint density at radius 3 is 2.55 bits per heavy atom. The number of aryl methyl sites for hydroxylation is 1. The van der Waals surface area contributed by atoms with E-state index >= 15 is 0 Å². The zero-order chi connectivity index (χ0) is 19.6. The Morgan fingerprint density at radius 1 is 0.931 bits per heavy atom. The molecular weight excluding hydrogens is 362 g/mol. The van der Waals surface area contributed by atoms with Gasteiger partial charge < -0.3 is 5.73 Å². The molecule has 2 N–H and O–H groups in total. The summed E-state index contributed by atoms with van der Waals surface area (Å²) in [7, 11) is 0. The van der Waals surface area contributed by atoms with Crippen LogP contribution in [0.1, 0.15) is 40.4 Å². The van der Waals surface area contributed by atoms with E-state index in [0.29, 0.717) is 11.5 Å². The zero-order valence-electron chi connectivity index (χ0n) is 15.5. The second kappa shape index (κ2) is 7.17. The van der Waals surface area contributed by atoms with E-state index in [0.717, 1.165) is 35.5 Å². The summed E-state index contributed by atoms with van der Waals surface area (Å²) in [5, 5.41) is 9.46. The van der Waals surface area contributed by atoms with Crippen LogP contribution in [0.5, 0.6) is 0 Å². The Kier molecular flexibility index (Phi) is 4.22. The summed E-state index contributed by atoms with van der Waals surface area (Å²) in [6.07, 6.45) is 8.61. The summed E-state index contributed by atoms with van der Waals surface area (Å²) >= 11 is 0. The minimum absolute atomic E-state index is 0.228. The Hall–Kier alpha value is -4.05. The van der Waals surface area contributed by atoms with Gasteiger partial charge in [0, 0.05) is 30.1 Å². The minimum Gasteiger partial charge on any atom is -0.368 e. The Balaban J connectivity index is 1.43. The lowest BCUT2D eigenvalue weighted by Crippen LogP contribution is -2.04. The molecule has 3 heterocycles. The lowest BCUT2D eigenvalue weighted by molar-refractivity contribution is 0.669. The molecule has 0 amide bonds. The van der Waals surface area contributed by atoms with Crippen molar-refractivity contribution >= 4 is 5.95 Å². The fourth-order valence-electron chi connectivity index (χ4n) is 3.49. The van der Waals surface area contributed by atoms with Crippen LogP contribution in [-0.2, 0) is 6.42 Å². The molecule has 0 radical (unpaired) electrons. The molecule has 1 aliphatic rings. The van der Waals surface area contributed by atoms with Gasteiger partial charge in [-0.1, -0.05) is 42.2 Å². The average molecular weight is 379 g/mol. The van der Waals surface area contributed by atoms with Gasteiger partial charge in [-0.3, -0.25) is 4.98 Å². The topological polar surface area (TPSA) is 95.4 Å². The van der Waals surface area contributed by atoms with E-state index in [9.17, 15) is 0 Å². The standard InChI is InChI=1S/C22H17N7/c23-22-25-12-16(13-26-22)7-6-15-10-18(14-24-11-15)29-27-20-9-8-19(21(20)28-29)17-4-2-1-3-5-17/h1-5,10-14,19H,8-9H2,(H2,23,25,26)/t19-/m0/s1. The first-order valence-corrected chi connectivity index (χ1v) is 9.32. The van der Waals surface area contributed by atoms with E-state index in [2.05, 4.69) is 56.2 Å². The van der Waals surface area contributed by atoms with Crippen molar-refractivity contribution in [3.05, 3.63) is 89.3 Å². The number of nitrogens with zero attached hydrogens (tertiary/aromatic N) is 6. The molecule has 0 unspecified atom stereocenters. The summed E-state index contributed by atoms with van der Waals surface area (Å²) in [5.41, 5.74) is 11.1. The lowest BCUT2D eigenvalue weighted by Gasteiger charge is -2.09. The van der Waals surface area contributed by atoms with E-state index in [1.54, 1.807) is 29.6 Å². The van der Waals surface area contributed by atoms with Crippen LogP contribution in [0.3, 0.4) is 0 Å². The van der Waals surface area contributed by atoms with Crippen LogP contribution in [0.2, 0.25) is 0 Å². The molecule has 140 valence electrons. The third-order valence-electron chi connectivity index (χ3n) is 4.89. The van der Waals surface area contributed by atoms with E-state index in [1.165, 1.54) is 5.56 Å². The molecule has 0 spiro atoms. The number of nitrogen functional groups attached to an aromatic ring is 1. The molecule has 3 aromatic heterocycles. The third kappa shape index (κ3) is 3.44. The third-order valence-corrected chi connectivity index (χ3v) is 4.89. The lowest BCUT2D eigenvalue weighted by atomic mass is 9.97. The molecular formula is C22H17N7. The first kappa shape index (κ1) is 17.1. The second-order valence-electron chi connectivity index (χ2n) is 6.84. The molecule has 1 aromatic carbocycles. The van der Waals surface area contributed by atoms with Crippen molar-refractivity contribution in [1.82, 2.24) is 29.9 Å². The molecule has 7 nitrogen and oxygen atoms in total. The Bertz CT molecular complexity index is 1220. The van der Waals surface area contributed by atoms with Gasteiger partial charge in [0.1, 0.15) is 5.69 Å². The van der Waals surface area contributed by atoms with E-state index in [-0.39, 0.29) is 5.95 Å². The van der Waals surface area contributed by atoms with Crippen molar-refractivity contribution in [2.75, 3.05) is 5.73 Å². The van der Waals surface area contributed by atoms with Crippen molar-refractivity contribution in [2.24, 2.45) is 0 Å². The predicted octanol–water partition coefficient (Wildman–Crippen LogP) is 2.51. The van der Waals surface area contributed by atoms with E-state index < -0.39 is 0 Å². The van der Waals surface area contributed by atoms with Crippen LogP contribution in [0, 0.1) is 11.8 Å². The minimum atomic E-state index is 0.228. The monoisotopic (exact) mass is 379 g/mol. The molecule has 4 aromatic rings. The van der Waals surface area contributed by atoms with Crippen molar-refractivity contribution in [1.29, 1.82) is 0 Å². The first-order chi connectivity index (χ1) is 14.3. The van der Waals surface area contributed by atoms with Gasteiger partial charge in [0.2, 0.25) is 5.95 Å². The van der Waals surface area contributed by atoms with E-state index in [4.69, 9.17) is 10.8 Å². The molecule has 0 saturated carbocycles. The molecule has 1 atom stereocenters. The summed E-state index contributed by atoms with van der Waals surface area (Å²) in [6.45, 7) is 0. The van der Waals surface area contributed by atoms with Crippen molar-refractivity contribution < 1.29 is 0 Å². The van der Waals surface area contributed by atoms with Crippen LogP contribution < -0.4 is 5.73 Å². The number of rotatable bonds is 2. The number of pyridine rings is 1. The van der Waals surface area contributed by atoms with Gasteiger partial charge >= 0.3 is 0 Å². The van der Waals surface area contributed by atoms with Crippen molar-refractivity contribution in [3.8, 4) is 17.5 Å². The maximum atomic E-state index is 5.50. The average Bonchev–Trinajstić information content (AvgIpc) is 3.35. The molecule has 0 aliphatic heterocycles. The molecule has 0 bridgehead atoms. The molecule has 7 heteroatoms. The highest BCUT2D eigenvalue weighted by Crippen LogP contribution is 2.36. The highest BCUT2D eigenvalue weighted by molar-refractivity contribution is 5.45. The SMILES string of the molecule is Nc1ncc(C#Cc2cncc(-n3nc4c(n3)[C@H](c3ccccc3)CC4)c2)cn1. The maximum absolute atomic E-state index is 5.50. The van der Waals surface area contributed by atoms with Gasteiger partial charge in [0.05, 0.1) is 23.1 Å². The predicted molar refractivity (Wildman–Crippen MR) is 108 cm³/mol. The molecule has 0 fully saturated rings. The molecule has 29 heavy (non-hydrogen) atoms. The largest absolute Gasteiger partial charge is 0.368 e. The summed E-state index contributed by atoms with van der Waals surface area (Å²) in [4.78, 5) is 13.8. The molecule has 0 saturated heterocycles. The smallest absolute Gasteiger partial charge is 0.219 e. The van der Waals surface area contributed by atoms with Gasteiger partial charge in [0.15, 0.2) is 0 Å². The Labute approximate surface area is 167 Å². The number of benzene rings is 1. The fraction of sp³-hybridized carbons (Fsp3) is 0.136. The van der Waals surface area contributed by atoms with Gasteiger partial charge in [-0.15, -0.1) is 4.80 Å². The quantitative estimate of drug-likeness (QED) is 0.538. The number of hydrogen-bond donors (Lipinski definition) is 1. The highest BCUT2D eigenvalue weighted by Gasteiger charge is 2.29. The van der Waals surface area contributed by atoms with Gasteiger partial charge in [-0.05, 0) is 24.5 Å². The molecule has 1 aliphatic carbocycles. The van der Waals surface area contributed by atoms with Crippen LogP contribution in [0.25, 0.3) is 5.69 Å². The number of fused-ring (bicyclic) bond motifs is 1. The van der Waals surface area contributed by atoms with Crippen molar-refractivity contribution in [3.63, 3.8) is 0 Å². The fourth-order valence-corrected chi connectivity index (χ4v) is 3.49. The van der Waals surface area contributed by atoms with Crippen LogP contribution in [0.4, 0.5) is 5.95 Å². The number of nitrogens with two attached hydrogens (primary N) is 1. The van der Waals surface area contributed by atoms with Crippen molar-refractivity contribution in [2.45, 2.75) is 18.8 Å². The number of anilines is 1. The normalized spacial score (nSPS) is 14.8. The zero-order valence-corrected chi connectivity index (χ0v) is 15.5. The van der Waals surface area contributed by atoms with Crippen LogP contribution >= 0.6 is 0 Å². The summed E-state index contributed by atoms with van der Waals surface area (Å²) in [5.74, 6) is 6.61. The first-order valence-electron chi connectivity index (χ1n) is 9.32. The maximum Gasteiger partial charge on any atom is 0.219 e.